The molecule has 0 saturated carbocycles. The van der Waals surface area contributed by atoms with Crippen LogP contribution in [0.1, 0.15) is 18.4 Å². The summed E-state index contributed by atoms with van der Waals surface area (Å²) in [5.74, 6) is -0.297. The van der Waals surface area contributed by atoms with Gasteiger partial charge in [0.25, 0.3) is 0 Å². The number of amides is 1. The molecule has 1 atom stereocenters. The molecule has 0 aliphatic rings. The molecule has 7 heteroatoms. The summed E-state index contributed by atoms with van der Waals surface area (Å²) in [6, 6.07) is 4.43. The molecular weight excluding hydrogens is 276 g/mol. The van der Waals surface area contributed by atoms with E-state index in [9.17, 15) is 9.59 Å². The zero-order valence-electron chi connectivity index (χ0n) is 12.1. The predicted molar refractivity (Wildman–Crippen MR) is 76.2 cm³/mol. The van der Waals surface area contributed by atoms with Crippen molar-refractivity contribution in [1.29, 1.82) is 0 Å². The van der Waals surface area contributed by atoms with Crippen LogP contribution in [0.2, 0.25) is 0 Å². The SMILES string of the molecule is COc1ccc(CN[C@@H](CCC(N)=O)C(=O)O)c(OC)c1. The molecule has 1 amide bonds. The van der Waals surface area contributed by atoms with Crippen molar-refractivity contribution < 1.29 is 24.2 Å². The lowest BCUT2D eigenvalue weighted by Crippen LogP contribution is -2.37. The van der Waals surface area contributed by atoms with Crippen LogP contribution in [0, 0.1) is 0 Å². The fraction of sp³-hybridized carbons (Fsp3) is 0.429. The Balaban J connectivity index is 2.71. The first-order valence-corrected chi connectivity index (χ1v) is 6.43. The first-order valence-electron chi connectivity index (χ1n) is 6.43. The lowest BCUT2D eigenvalue weighted by Gasteiger charge is -2.15. The van der Waals surface area contributed by atoms with E-state index in [4.69, 9.17) is 20.3 Å². The van der Waals surface area contributed by atoms with Crippen molar-refractivity contribution in [2.75, 3.05) is 14.2 Å². The highest BCUT2D eigenvalue weighted by molar-refractivity contribution is 5.77. The van der Waals surface area contributed by atoms with Crippen molar-refractivity contribution in [2.45, 2.75) is 25.4 Å². The van der Waals surface area contributed by atoms with Gasteiger partial charge >= 0.3 is 5.97 Å². The van der Waals surface area contributed by atoms with E-state index in [0.29, 0.717) is 18.0 Å². The van der Waals surface area contributed by atoms with Crippen LogP contribution < -0.4 is 20.5 Å². The zero-order chi connectivity index (χ0) is 15.8. The van der Waals surface area contributed by atoms with E-state index < -0.39 is 17.9 Å². The molecule has 116 valence electrons. The molecule has 0 unspecified atom stereocenters. The van der Waals surface area contributed by atoms with Crippen molar-refractivity contribution in [3.8, 4) is 11.5 Å². The normalized spacial score (nSPS) is 11.7. The lowest BCUT2D eigenvalue weighted by molar-refractivity contribution is -0.139. The Kier molecular flexibility index (Phi) is 6.48. The van der Waals surface area contributed by atoms with Gasteiger partial charge in [-0.2, -0.15) is 0 Å². The van der Waals surface area contributed by atoms with Gasteiger partial charge in [-0.25, -0.2) is 0 Å². The van der Waals surface area contributed by atoms with Crippen LogP contribution >= 0.6 is 0 Å². The van der Waals surface area contributed by atoms with Gasteiger partial charge < -0.3 is 25.6 Å². The Hall–Kier alpha value is -2.28. The van der Waals surface area contributed by atoms with Crippen LogP contribution in [0.25, 0.3) is 0 Å². The molecule has 0 aliphatic carbocycles. The predicted octanol–water partition coefficient (Wildman–Crippen LogP) is 0.512. The van der Waals surface area contributed by atoms with Crippen LogP contribution in [0.4, 0.5) is 0 Å². The molecule has 1 aromatic carbocycles. The highest BCUT2D eigenvalue weighted by Gasteiger charge is 2.18. The number of carbonyl (C=O) groups excluding carboxylic acids is 1. The minimum Gasteiger partial charge on any atom is -0.497 e. The Bertz CT molecular complexity index is 504. The Labute approximate surface area is 123 Å². The van der Waals surface area contributed by atoms with Gasteiger partial charge in [0.1, 0.15) is 17.5 Å². The quantitative estimate of drug-likeness (QED) is 0.612. The van der Waals surface area contributed by atoms with Gasteiger partial charge in [0.2, 0.25) is 5.91 Å². The molecule has 7 nitrogen and oxygen atoms in total. The maximum absolute atomic E-state index is 11.1. The second-order valence-corrected chi connectivity index (χ2v) is 4.45. The number of carboxylic acid groups (broad SMARTS) is 1. The van der Waals surface area contributed by atoms with Crippen LogP contribution in [-0.2, 0) is 16.1 Å². The summed E-state index contributed by atoms with van der Waals surface area (Å²) in [5, 5.41) is 12.0. The molecule has 1 aromatic rings. The first-order chi connectivity index (χ1) is 9.97. The summed E-state index contributed by atoms with van der Waals surface area (Å²) in [5.41, 5.74) is 5.83. The van der Waals surface area contributed by atoms with E-state index in [1.54, 1.807) is 25.3 Å². The third kappa shape index (κ3) is 5.31. The minimum atomic E-state index is -1.02. The maximum Gasteiger partial charge on any atom is 0.320 e. The number of rotatable bonds is 9. The average molecular weight is 296 g/mol. The van der Waals surface area contributed by atoms with Gasteiger partial charge in [-0.15, -0.1) is 0 Å². The van der Waals surface area contributed by atoms with Gasteiger partial charge in [-0.05, 0) is 12.5 Å². The standard InChI is InChI=1S/C14H20N2O5/c1-20-10-4-3-9(12(7-10)21-2)8-16-11(14(18)19)5-6-13(15)17/h3-4,7,11,16H,5-6,8H2,1-2H3,(H2,15,17)(H,18,19)/t11-/m0/s1. The van der Waals surface area contributed by atoms with Gasteiger partial charge in [0.05, 0.1) is 14.2 Å². The highest BCUT2D eigenvalue weighted by atomic mass is 16.5. The fourth-order valence-corrected chi connectivity index (χ4v) is 1.83. The van der Waals surface area contributed by atoms with Crippen LogP contribution in [-0.4, -0.2) is 37.2 Å². The summed E-state index contributed by atoms with van der Waals surface area (Å²) >= 11 is 0. The number of hydrogen-bond acceptors (Lipinski definition) is 5. The van der Waals surface area contributed by atoms with E-state index in [2.05, 4.69) is 5.32 Å². The Morgan fingerprint density at radius 3 is 2.57 bits per heavy atom. The molecule has 0 radical (unpaired) electrons. The maximum atomic E-state index is 11.1. The second-order valence-electron chi connectivity index (χ2n) is 4.45. The smallest absolute Gasteiger partial charge is 0.320 e. The number of nitrogens with two attached hydrogens (primary N) is 1. The molecule has 21 heavy (non-hydrogen) atoms. The number of methoxy groups -OCH3 is 2. The van der Waals surface area contributed by atoms with Gasteiger partial charge in [-0.3, -0.25) is 9.59 Å². The number of nitrogens with one attached hydrogen (secondary N) is 1. The fourth-order valence-electron chi connectivity index (χ4n) is 1.83. The highest BCUT2D eigenvalue weighted by Crippen LogP contribution is 2.24. The Morgan fingerprint density at radius 1 is 1.33 bits per heavy atom. The average Bonchev–Trinajstić information content (AvgIpc) is 2.46. The summed E-state index contributed by atoms with van der Waals surface area (Å²) in [4.78, 5) is 21.9. The number of benzene rings is 1. The molecule has 0 heterocycles. The van der Waals surface area contributed by atoms with Crippen molar-refractivity contribution in [3.05, 3.63) is 23.8 Å². The number of hydrogen-bond donors (Lipinski definition) is 3. The molecule has 0 fully saturated rings. The van der Waals surface area contributed by atoms with Crippen molar-refractivity contribution in [1.82, 2.24) is 5.32 Å². The van der Waals surface area contributed by atoms with Crippen molar-refractivity contribution in [2.24, 2.45) is 5.73 Å². The summed E-state index contributed by atoms with van der Waals surface area (Å²) in [7, 11) is 3.08. The van der Waals surface area contributed by atoms with Crippen molar-refractivity contribution >= 4 is 11.9 Å². The monoisotopic (exact) mass is 296 g/mol. The van der Waals surface area contributed by atoms with E-state index in [-0.39, 0.29) is 12.8 Å². The van der Waals surface area contributed by atoms with Crippen LogP contribution in [0.5, 0.6) is 11.5 Å². The van der Waals surface area contributed by atoms with Crippen molar-refractivity contribution in [3.63, 3.8) is 0 Å². The topological polar surface area (TPSA) is 111 Å². The zero-order valence-corrected chi connectivity index (χ0v) is 12.1. The lowest BCUT2D eigenvalue weighted by atomic mass is 10.1. The number of carbonyl (C=O) groups is 2. The van der Waals surface area contributed by atoms with E-state index >= 15 is 0 Å². The van der Waals surface area contributed by atoms with E-state index in [0.717, 1.165) is 5.56 Å². The first kappa shape index (κ1) is 16.8. The summed E-state index contributed by atoms with van der Waals surface area (Å²) in [6.45, 7) is 0.295. The van der Waals surface area contributed by atoms with Gasteiger partial charge in [0, 0.05) is 24.6 Å². The summed E-state index contributed by atoms with van der Waals surface area (Å²) in [6.07, 6.45) is 0.160. The molecule has 0 aliphatic heterocycles. The molecule has 0 bridgehead atoms. The Morgan fingerprint density at radius 2 is 2.05 bits per heavy atom. The van der Waals surface area contributed by atoms with Gasteiger partial charge in [0.15, 0.2) is 0 Å². The van der Waals surface area contributed by atoms with E-state index in [1.165, 1.54) is 7.11 Å². The number of aliphatic carboxylic acids is 1. The largest absolute Gasteiger partial charge is 0.497 e. The molecule has 1 rings (SSSR count). The second kappa shape index (κ2) is 8.11. The number of carboxylic acids is 1. The number of ether oxygens (including phenoxy) is 2. The van der Waals surface area contributed by atoms with Crippen LogP contribution in [0.15, 0.2) is 18.2 Å². The number of primary amides is 1. The molecule has 4 N–H and O–H groups in total. The minimum absolute atomic E-state index is 0.0176. The van der Waals surface area contributed by atoms with Gasteiger partial charge in [-0.1, -0.05) is 6.07 Å². The summed E-state index contributed by atoms with van der Waals surface area (Å²) < 4.78 is 10.3. The van der Waals surface area contributed by atoms with Crippen LogP contribution in [0.3, 0.4) is 0 Å². The molecule has 0 saturated heterocycles. The molecule has 0 aromatic heterocycles. The third-order valence-electron chi connectivity index (χ3n) is 3.01. The third-order valence-corrected chi connectivity index (χ3v) is 3.01. The molecular formula is C14H20N2O5. The molecule has 0 spiro atoms. The van der Waals surface area contributed by atoms with E-state index in [1.807, 2.05) is 0 Å².